The Balaban J connectivity index is 2.57. The molecule has 1 aromatic heterocycles. The Morgan fingerprint density at radius 2 is 2.08 bits per heavy atom. The van der Waals surface area contributed by atoms with Gasteiger partial charge in [-0.25, -0.2) is 0 Å². The molecule has 1 heterocycles. The van der Waals surface area contributed by atoms with Crippen molar-refractivity contribution in [3.05, 3.63) is 36.1 Å². The van der Waals surface area contributed by atoms with Crippen LogP contribution in [-0.4, -0.2) is 16.8 Å². The number of fused-ring (bicyclic) bond motifs is 1. The minimum atomic E-state index is -0.858. The van der Waals surface area contributed by atoms with Crippen LogP contribution in [0.15, 0.2) is 34.9 Å². The number of furan rings is 1. The monoisotopic (exact) mass is 178 g/mol. The zero-order valence-electron chi connectivity index (χ0n) is 6.97. The molecule has 0 aliphatic carbocycles. The molecule has 0 spiro atoms. The summed E-state index contributed by atoms with van der Waals surface area (Å²) in [6, 6.07) is 7.41. The molecule has 1 atom stereocenters. The minimum absolute atomic E-state index is 0.288. The largest absolute Gasteiger partial charge is 0.464 e. The van der Waals surface area contributed by atoms with Crippen molar-refractivity contribution < 1.29 is 14.6 Å². The summed E-state index contributed by atoms with van der Waals surface area (Å²) in [4.78, 5) is 0. The van der Waals surface area contributed by atoms with E-state index in [1.54, 1.807) is 0 Å². The molecule has 13 heavy (non-hydrogen) atoms. The van der Waals surface area contributed by atoms with Gasteiger partial charge in [-0.2, -0.15) is 0 Å². The Bertz CT molecular complexity index is 405. The first-order chi connectivity index (χ1) is 6.33. The van der Waals surface area contributed by atoms with Crippen molar-refractivity contribution in [3.63, 3.8) is 0 Å². The Kier molecular flexibility index (Phi) is 2.04. The first kappa shape index (κ1) is 8.29. The number of benzene rings is 1. The lowest BCUT2D eigenvalue weighted by molar-refractivity contribution is 0.0960. The van der Waals surface area contributed by atoms with Gasteiger partial charge in [0.1, 0.15) is 11.7 Å². The first-order valence-electron chi connectivity index (χ1n) is 4.08. The van der Waals surface area contributed by atoms with Gasteiger partial charge in [-0.3, -0.25) is 0 Å². The van der Waals surface area contributed by atoms with Gasteiger partial charge in [0.2, 0.25) is 0 Å². The normalized spacial score (nSPS) is 13.4. The molecule has 0 fully saturated rings. The van der Waals surface area contributed by atoms with Crippen molar-refractivity contribution in [2.45, 2.75) is 6.10 Å². The van der Waals surface area contributed by atoms with Gasteiger partial charge in [0.15, 0.2) is 0 Å². The zero-order chi connectivity index (χ0) is 9.26. The van der Waals surface area contributed by atoms with Crippen molar-refractivity contribution in [1.29, 1.82) is 0 Å². The van der Waals surface area contributed by atoms with E-state index < -0.39 is 6.10 Å². The average molecular weight is 178 g/mol. The number of para-hydroxylation sites is 1. The molecule has 0 saturated heterocycles. The molecule has 2 aromatic rings. The number of hydrogen-bond donors (Lipinski definition) is 2. The van der Waals surface area contributed by atoms with E-state index in [4.69, 9.17) is 9.52 Å². The van der Waals surface area contributed by atoms with Crippen molar-refractivity contribution >= 4 is 11.0 Å². The molecule has 2 rings (SSSR count). The highest BCUT2D eigenvalue weighted by Gasteiger charge is 2.12. The topological polar surface area (TPSA) is 53.6 Å². The molecule has 3 heteroatoms. The predicted molar refractivity (Wildman–Crippen MR) is 48.3 cm³/mol. The lowest BCUT2D eigenvalue weighted by atomic mass is 10.1. The summed E-state index contributed by atoms with van der Waals surface area (Å²) in [5.41, 5.74) is 1.36. The SMILES string of the molecule is OC[C@H](O)c1coc2ccccc12. The molecule has 1 aromatic carbocycles. The lowest BCUT2D eigenvalue weighted by Gasteiger charge is -2.02. The minimum Gasteiger partial charge on any atom is -0.464 e. The summed E-state index contributed by atoms with van der Waals surface area (Å²) < 4.78 is 5.20. The number of aliphatic hydroxyl groups excluding tert-OH is 2. The molecule has 0 amide bonds. The maximum absolute atomic E-state index is 9.41. The van der Waals surface area contributed by atoms with Gasteiger partial charge < -0.3 is 14.6 Å². The molecule has 3 nitrogen and oxygen atoms in total. The summed E-state index contributed by atoms with van der Waals surface area (Å²) in [5.74, 6) is 0. The van der Waals surface area contributed by atoms with Crippen LogP contribution in [0.3, 0.4) is 0 Å². The van der Waals surface area contributed by atoms with Crippen LogP contribution in [0.5, 0.6) is 0 Å². The van der Waals surface area contributed by atoms with Crippen molar-refractivity contribution in [2.75, 3.05) is 6.61 Å². The van der Waals surface area contributed by atoms with Crippen LogP contribution < -0.4 is 0 Å². The lowest BCUT2D eigenvalue weighted by Crippen LogP contribution is -2.00. The smallest absolute Gasteiger partial charge is 0.134 e. The van der Waals surface area contributed by atoms with Crippen LogP contribution in [0.2, 0.25) is 0 Å². The molecule has 0 aliphatic heterocycles. The third kappa shape index (κ3) is 1.32. The summed E-state index contributed by atoms with van der Waals surface area (Å²) >= 11 is 0. The number of aliphatic hydroxyl groups is 2. The summed E-state index contributed by atoms with van der Waals surface area (Å²) in [5, 5.41) is 19.0. The summed E-state index contributed by atoms with van der Waals surface area (Å²) in [6.07, 6.45) is 0.620. The summed E-state index contributed by atoms with van der Waals surface area (Å²) in [7, 11) is 0. The molecule has 2 N–H and O–H groups in total. The van der Waals surface area contributed by atoms with E-state index in [1.807, 2.05) is 24.3 Å². The van der Waals surface area contributed by atoms with E-state index >= 15 is 0 Å². The fourth-order valence-electron chi connectivity index (χ4n) is 1.35. The van der Waals surface area contributed by atoms with E-state index in [9.17, 15) is 5.11 Å². The Morgan fingerprint density at radius 3 is 2.85 bits per heavy atom. The van der Waals surface area contributed by atoms with Crippen LogP contribution >= 0.6 is 0 Å². The van der Waals surface area contributed by atoms with E-state index in [-0.39, 0.29) is 6.61 Å². The maximum Gasteiger partial charge on any atom is 0.134 e. The van der Waals surface area contributed by atoms with Gasteiger partial charge in [-0.05, 0) is 6.07 Å². The van der Waals surface area contributed by atoms with Gasteiger partial charge in [-0.1, -0.05) is 18.2 Å². The average Bonchev–Trinajstić information content (AvgIpc) is 2.60. The molecule has 0 saturated carbocycles. The zero-order valence-corrected chi connectivity index (χ0v) is 6.97. The highest BCUT2D eigenvalue weighted by Crippen LogP contribution is 2.25. The van der Waals surface area contributed by atoms with Gasteiger partial charge >= 0.3 is 0 Å². The van der Waals surface area contributed by atoms with Crippen molar-refractivity contribution in [2.24, 2.45) is 0 Å². The molecule has 0 radical (unpaired) electrons. The molecular weight excluding hydrogens is 168 g/mol. The summed E-state index contributed by atoms with van der Waals surface area (Å²) in [6.45, 7) is -0.288. The number of hydrogen-bond acceptors (Lipinski definition) is 3. The van der Waals surface area contributed by atoms with E-state index in [2.05, 4.69) is 0 Å². The second kappa shape index (κ2) is 3.20. The molecule has 0 unspecified atom stereocenters. The van der Waals surface area contributed by atoms with E-state index in [0.717, 1.165) is 11.0 Å². The van der Waals surface area contributed by atoms with Crippen LogP contribution in [0.1, 0.15) is 11.7 Å². The fraction of sp³-hybridized carbons (Fsp3) is 0.200. The Labute approximate surface area is 75.2 Å². The molecule has 68 valence electrons. The van der Waals surface area contributed by atoms with Crippen LogP contribution in [0.4, 0.5) is 0 Å². The molecule has 0 bridgehead atoms. The predicted octanol–water partition coefficient (Wildman–Crippen LogP) is 1.46. The molecule has 0 aliphatic rings. The number of rotatable bonds is 2. The quantitative estimate of drug-likeness (QED) is 0.731. The standard InChI is InChI=1S/C10H10O3/c11-5-9(12)8-6-13-10-4-2-1-3-7(8)10/h1-4,6,9,11-12H,5H2/t9-/m0/s1. The van der Waals surface area contributed by atoms with E-state index in [0.29, 0.717) is 5.56 Å². The second-order valence-corrected chi connectivity index (χ2v) is 2.89. The van der Waals surface area contributed by atoms with Gasteiger partial charge in [0.25, 0.3) is 0 Å². The maximum atomic E-state index is 9.41. The van der Waals surface area contributed by atoms with Crippen LogP contribution in [0.25, 0.3) is 11.0 Å². The van der Waals surface area contributed by atoms with Crippen LogP contribution in [0, 0.1) is 0 Å². The van der Waals surface area contributed by atoms with Crippen LogP contribution in [-0.2, 0) is 0 Å². The van der Waals surface area contributed by atoms with Gasteiger partial charge in [0.05, 0.1) is 12.9 Å². The second-order valence-electron chi connectivity index (χ2n) is 2.89. The molecular formula is C10H10O3. The first-order valence-corrected chi connectivity index (χ1v) is 4.08. The fourth-order valence-corrected chi connectivity index (χ4v) is 1.35. The highest BCUT2D eigenvalue weighted by molar-refractivity contribution is 5.81. The third-order valence-electron chi connectivity index (χ3n) is 2.04. The highest BCUT2D eigenvalue weighted by atomic mass is 16.3. The van der Waals surface area contributed by atoms with Crippen molar-refractivity contribution in [3.8, 4) is 0 Å². The Hall–Kier alpha value is -1.32. The Morgan fingerprint density at radius 1 is 1.31 bits per heavy atom. The third-order valence-corrected chi connectivity index (χ3v) is 2.04. The van der Waals surface area contributed by atoms with E-state index in [1.165, 1.54) is 6.26 Å². The van der Waals surface area contributed by atoms with Crippen molar-refractivity contribution in [1.82, 2.24) is 0 Å². The van der Waals surface area contributed by atoms with Gasteiger partial charge in [-0.15, -0.1) is 0 Å². The van der Waals surface area contributed by atoms with Gasteiger partial charge in [0, 0.05) is 10.9 Å².